The Morgan fingerprint density at radius 2 is 2.08 bits per heavy atom. The van der Waals surface area contributed by atoms with E-state index in [0.29, 0.717) is 11.6 Å². The lowest BCUT2D eigenvalue weighted by Gasteiger charge is -2.23. The Balaban J connectivity index is 1.76. The molecular weight excluding hydrogens is 380 g/mol. The van der Waals surface area contributed by atoms with Crippen molar-refractivity contribution in [1.29, 1.82) is 0 Å². The third-order valence-electron chi connectivity index (χ3n) is 3.86. The van der Waals surface area contributed by atoms with Gasteiger partial charge in [-0.2, -0.15) is 10.2 Å². The van der Waals surface area contributed by atoms with E-state index in [2.05, 4.69) is 15.5 Å². The van der Waals surface area contributed by atoms with Crippen LogP contribution in [0.4, 0.5) is 10.2 Å². The first kappa shape index (κ1) is 18.4. The molecule has 2 aromatic heterocycles. The first-order valence-corrected chi connectivity index (χ1v) is 8.51. The second kappa shape index (κ2) is 7.09. The number of nitrogens with zero attached hydrogens (tertiary/aromatic N) is 4. The van der Waals surface area contributed by atoms with E-state index in [4.69, 9.17) is 23.2 Å². The normalized spacial score (nSPS) is 11.6. The Morgan fingerprint density at radius 1 is 1.31 bits per heavy atom. The zero-order valence-corrected chi connectivity index (χ0v) is 15.6. The molecule has 26 heavy (non-hydrogen) atoms. The number of hydrogen-bond donors (Lipinski definition) is 1. The van der Waals surface area contributed by atoms with Crippen molar-refractivity contribution in [2.75, 3.05) is 5.32 Å². The summed E-state index contributed by atoms with van der Waals surface area (Å²) < 4.78 is 16.3. The molecule has 0 atom stereocenters. The van der Waals surface area contributed by atoms with Gasteiger partial charge in [-0.05, 0) is 31.5 Å². The second-order valence-electron chi connectivity index (χ2n) is 6.27. The van der Waals surface area contributed by atoms with E-state index >= 15 is 0 Å². The number of rotatable bonds is 5. The minimum absolute atomic E-state index is 0.222. The quantitative estimate of drug-likeness (QED) is 0.711. The first-order chi connectivity index (χ1) is 12.3. The third-order valence-corrected chi connectivity index (χ3v) is 4.33. The number of amides is 1. The fraction of sp³-hybridized carbons (Fsp3) is 0.235. The summed E-state index contributed by atoms with van der Waals surface area (Å²) in [5.41, 5.74) is -0.267. The maximum Gasteiger partial charge on any atom is 0.253 e. The molecule has 0 unspecified atom stereocenters. The van der Waals surface area contributed by atoms with E-state index in [1.54, 1.807) is 38.4 Å². The van der Waals surface area contributed by atoms with Gasteiger partial charge < -0.3 is 5.32 Å². The minimum atomic E-state index is -0.997. The number of carbonyl (C=O) groups excluding carboxylic acids is 1. The molecule has 0 aliphatic heterocycles. The number of halogens is 3. The number of nitrogens with one attached hydrogen (secondary N) is 1. The van der Waals surface area contributed by atoms with Crippen LogP contribution >= 0.6 is 23.2 Å². The van der Waals surface area contributed by atoms with Crippen molar-refractivity contribution in [2.24, 2.45) is 0 Å². The number of anilines is 1. The van der Waals surface area contributed by atoms with Gasteiger partial charge in [0.15, 0.2) is 5.82 Å². The van der Waals surface area contributed by atoms with Gasteiger partial charge in [-0.3, -0.25) is 14.2 Å². The number of hydrogen-bond acceptors (Lipinski definition) is 3. The second-order valence-corrected chi connectivity index (χ2v) is 7.11. The van der Waals surface area contributed by atoms with E-state index in [0.717, 1.165) is 5.56 Å². The fourth-order valence-corrected chi connectivity index (χ4v) is 2.69. The maximum absolute atomic E-state index is 13.3. The average molecular weight is 396 g/mol. The number of aromatic nitrogens is 4. The largest absolute Gasteiger partial charge is 0.306 e. The van der Waals surface area contributed by atoms with Crippen LogP contribution in [0.2, 0.25) is 10.0 Å². The standard InChI is InChI=1S/C17H16Cl2FN5O/c1-17(2,25-9-12(18)7-21-25)16(26)22-15-14(19)10-24(23-15)8-11-4-3-5-13(20)6-11/h3-7,9-10H,8H2,1-2H3,(H,22,23,26). The molecule has 0 aliphatic rings. The van der Waals surface area contributed by atoms with Crippen molar-refractivity contribution in [3.05, 3.63) is 64.3 Å². The number of carbonyl (C=O) groups is 1. The topological polar surface area (TPSA) is 64.7 Å². The number of benzene rings is 1. The highest BCUT2D eigenvalue weighted by Crippen LogP contribution is 2.24. The van der Waals surface area contributed by atoms with Crippen LogP contribution < -0.4 is 5.32 Å². The van der Waals surface area contributed by atoms with Crippen LogP contribution in [0, 0.1) is 5.82 Å². The highest BCUT2D eigenvalue weighted by Gasteiger charge is 2.31. The molecule has 0 fully saturated rings. The van der Waals surface area contributed by atoms with Crippen molar-refractivity contribution in [3.63, 3.8) is 0 Å². The predicted octanol–water partition coefficient (Wildman–Crippen LogP) is 3.95. The lowest BCUT2D eigenvalue weighted by atomic mass is 10.1. The van der Waals surface area contributed by atoms with Crippen LogP contribution in [0.3, 0.4) is 0 Å². The SMILES string of the molecule is CC(C)(C(=O)Nc1nn(Cc2cccc(F)c2)cc1Cl)n1cc(Cl)cn1. The van der Waals surface area contributed by atoms with Gasteiger partial charge in [-0.1, -0.05) is 35.3 Å². The minimum Gasteiger partial charge on any atom is -0.306 e. The van der Waals surface area contributed by atoms with E-state index < -0.39 is 5.54 Å². The Hall–Kier alpha value is -2.38. The van der Waals surface area contributed by atoms with Gasteiger partial charge in [-0.15, -0.1) is 0 Å². The monoisotopic (exact) mass is 395 g/mol. The Morgan fingerprint density at radius 3 is 2.73 bits per heavy atom. The summed E-state index contributed by atoms with van der Waals surface area (Å²) in [6.45, 7) is 3.72. The highest BCUT2D eigenvalue weighted by atomic mass is 35.5. The van der Waals surface area contributed by atoms with Gasteiger partial charge in [0.1, 0.15) is 16.4 Å². The molecule has 0 bridgehead atoms. The molecule has 0 radical (unpaired) electrons. The van der Waals surface area contributed by atoms with Crippen LogP contribution in [0.15, 0.2) is 42.9 Å². The van der Waals surface area contributed by atoms with E-state index in [-0.39, 0.29) is 22.6 Å². The van der Waals surface area contributed by atoms with Crippen LogP contribution in [0.5, 0.6) is 0 Å². The molecule has 1 amide bonds. The first-order valence-electron chi connectivity index (χ1n) is 7.75. The molecule has 3 aromatic rings. The van der Waals surface area contributed by atoms with E-state index in [1.807, 2.05) is 0 Å². The van der Waals surface area contributed by atoms with Crippen molar-refractivity contribution in [2.45, 2.75) is 25.9 Å². The zero-order chi connectivity index (χ0) is 18.9. The fourth-order valence-electron chi connectivity index (χ4n) is 2.36. The Kier molecular flexibility index (Phi) is 5.02. The van der Waals surface area contributed by atoms with Crippen LogP contribution in [-0.2, 0) is 16.9 Å². The summed E-state index contributed by atoms with van der Waals surface area (Å²) in [4.78, 5) is 12.6. The van der Waals surface area contributed by atoms with Crippen LogP contribution in [-0.4, -0.2) is 25.5 Å². The molecule has 0 saturated heterocycles. The van der Waals surface area contributed by atoms with Crippen LogP contribution in [0.25, 0.3) is 0 Å². The lowest BCUT2D eigenvalue weighted by Crippen LogP contribution is -2.40. The molecule has 1 N–H and O–H groups in total. The van der Waals surface area contributed by atoms with Crippen molar-refractivity contribution in [3.8, 4) is 0 Å². The van der Waals surface area contributed by atoms with Gasteiger partial charge in [0.2, 0.25) is 0 Å². The van der Waals surface area contributed by atoms with Crippen molar-refractivity contribution >= 4 is 34.9 Å². The maximum atomic E-state index is 13.3. The highest BCUT2D eigenvalue weighted by molar-refractivity contribution is 6.33. The third kappa shape index (κ3) is 3.89. The summed E-state index contributed by atoms with van der Waals surface area (Å²) in [5, 5.41) is 11.7. The molecule has 2 heterocycles. The molecule has 6 nitrogen and oxygen atoms in total. The van der Waals surface area contributed by atoms with Gasteiger partial charge in [0.05, 0.1) is 17.8 Å². The van der Waals surface area contributed by atoms with E-state index in [9.17, 15) is 9.18 Å². The predicted molar refractivity (Wildman–Crippen MR) is 97.9 cm³/mol. The Bertz CT molecular complexity index is 950. The molecule has 0 aliphatic carbocycles. The molecule has 3 rings (SSSR count). The lowest BCUT2D eigenvalue weighted by molar-refractivity contribution is -0.123. The summed E-state index contributed by atoms with van der Waals surface area (Å²) in [5.74, 6) is -0.455. The van der Waals surface area contributed by atoms with E-state index in [1.165, 1.54) is 27.7 Å². The Labute approximate surface area is 159 Å². The smallest absolute Gasteiger partial charge is 0.253 e. The zero-order valence-electron chi connectivity index (χ0n) is 14.1. The molecule has 9 heteroatoms. The molecular formula is C17H16Cl2FN5O. The van der Waals surface area contributed by atoms with Crippen LogP contribution in [0.1, 0.15) is 19.4 Å². The summed E-state index contributed by atoms with van der Waals surface area (Å²) in [6.07, 6.45) is 4.59. The van der Waals surface area contributed by atoms with Gasteiger partial charge >= 0.3 is 0 Å². The molecule has 1 aromatic carbocycles. The molecule has 0 spiro atoms. The molecule has 136 valence electrons. The van der Waals surface area contributed by atoms with Gasteiger partial charge in [0, 0.05) is 12.4 Å². The van der Waals surface area contributed by atoms with Gasteiger partial charge in [0.25, 0.3) is 5.91 Å². The average Bonchev–Trinajstić information content (AvgIpc) is 3.14. The summed E-state index contributed by atoms with van der Waals surface area (Å²) >= 11 is 12.0. The summed E-state index contributed by atoms with van der Waals surface area (Å²) in [6, 6.07) is 6.19. The molecule has 0 saturated carbocycles. The summed E-state index contributed by atoms with van der Waals surface area (Å²) in [7, 11) is 0. The van der Waals surface area contributed by atoms with Gasteiger partial charge in [-0.25, -0.2) is 4.39 Å². The van der Waals surface area contributed by atoms with Crippen molar-refractivity contribution in [1.82, 2.24) is 19.6 Å². The van der Waals surface area contributed by atoms with Crippen molar-refractivity contribution < 1.29 is 9.18 Å².